The van der Waals surface area contributed by atoms with Crippen molar-refractivity contribution < 1.29 is 9.90 Å². The Labute approximate surface area is 104 Å². The predicted molar refractivity (Wildman–Crippen MR) is 65.9 cm³/mol. The zero-order valence-corrected chi connectivity index (χ0v) is 10.6. The topological polar surface area (TPSA) is 66.6 Å². The van der Waals surface area contributed by atoms with Crippen molar-refractivity contribution in [1.29, 1.82) is 0 Å². The van der Waals surface area contributed by atoms with Gasteiger partial charge in [0.2, 0.25) is 0 Å². The maximum Gasteiger partial charge on any atom is 0.304 e. The number of carboxylic acid groups (broad SMARTS) is 1. The molecule has 0 aliphatic carbocycles. The van der Waals surface area contributed by atoms with Gasteiger partial charge in [-0.3, -0.25) is 9.69 Å². The third-order valence-corrected chi connectivity index (χ3v) is 3.25. The molecule has 0 saturated carbocycles. The van der Waals surface area contributed by atoms with Gasteiger partial charge >= 0.3 is 5.97 Å². The Morgan fingerprint density at radius 2 is 2.38 bits per heavy atom. The fourth-order valence-corrected chi connectivity index (χ4v) is 2.62. The number of halogens is 1. The number of thiophene rings is 1. The average molecular weight is 263 g/mol. The summed E-state index contributed by atoms with van der Waals surface area (Å²) in [5.41, 5.74) is 5.69. The number of hydrogen-bond donors (Lipinski definition) is 2. The third kappa shape index (κ3) is 4.94. The normalized spacial score (nSPS) is 13.0. The number of rotatable bonds is 6. The van der Waals surface area contributed by atoms with Crippen LogP contribution in [0, 0.1) is 0 Å². The molecule has 4 nitrogen and oxygen atoms in total. The summed E-state index contributed by atoms with van der Waals surface area (Å²) in [5.74, 6) is -0.861. The van der Waals surface area contributed by atoms with Crippen LogP contribution in [0.25, 0.3) is 0 Å². The summed E-state index contributed by atoms with van der Waals surface area (Å²) < 4.78 is 0.762. The van der Waals surface area contributed by atoms with E-state index in [2.05, 4.69) is 0 Å². The van der Waals surface area contributed by atoms with Crippen LogP contribution in [0.1, 0.15) is 11.3 Å². The van der Waals surface area contributed by atoms with Gasteiger partial charge in [0.25, 0.3) is 0 Å². The number of carbonyl (C=O) groups is 1. The second-order valence-electron chi connectivity index (χ2n) is 3.76. The summed E-state index contributed by atoms with van der Waals surface area (Å²) in [6, 6.07) is 3.48. The number of nitrogens with zero attached hydrogens (tertiary/aromatic N) is 1. The largest absolute Gasteiger partial charge is 0.481 e. The van der Waals surface area contributed by atoms with Crippen LogP contribution in [0.15, 0.2) is 12.1 Å². The predicted octanol–water partition coefficient (Wildman–Crippen LogP) is 1.64. The van der Waals surface area contributed by atoms with Crippen LogP contribution in [0.5, 0.6) is 0 Å². The Hall–Kier alpha value is -0.620. The lowest BCUT2D eigenvalue weighted by molar-refractivity contribution is -0.137. The van der Waals surface area contributed by atoms with Gasteiger partial charge in [-0.1, -0.05) is 11.6 Å². The van der Waals surface area contributed by atoms with E-state index >= 15 is 0 Å². The second-order valence-corrected chi connectivity index (χ2v) is 5.56. The van der Waals surface area contributed by atoms with E-state index in [0.29, 0.717) is 6.54 Å². The molecule has 0 bridgehead atoms. The van der Waals surface area contributed by atoms with Gasteiger partial charge in [-0.2, -0.15) is 0 Å². The lowest BCUT2D eigenvalue weighted by atomic mass is 10.2. The smallest absolute Gasteiger partial charge is 0.304 e. The lowest BCUT2D eigenvalue weighted by Crippen LogP contribution is -2.36. The molecule has 0 aromatic carbocycles. The van der Waals surface area contributed by atoms with E-state index in [9.17, 15) is 4.79 Å². The van der Waals surface area contributed by atoms with E-state index < -0.39 is 5.97 Å². The van der Waals surface area contributed by atoms with Crippen LogP contribution in [0.2, 0.25) is 4.34 Å². The molecule has 0 aliphatic heterocycles. The Morgan fingerprint density at radius 1 is 1.69 bits per heavy atom. The van der Waals surface area contributed by atoms with E-state index in [1.807, 2.05) is 24.1 Å². The molecule has 0 amide bonds. The first-order valence-electron chi connectivity index (χ1n) is 4.87. The van der Waals surface area contributed by atoms with Crippen molar-refractivity contribution in [2.24, 2.45) is 5.73 Å². The fourth-order valence-electron chi connectivity index (χ4n) is 1.46. The maximum atomic E-state index is 10.4. The van der Waals surface area contributed by atoms with Crippen LogP contribution in [-0.4, -0.2) is 35.6 Å². The van der Waals surface area contributed by atoms with Gasteiger partial charge in [-0.25, -0.2) is 0 Å². The number of hydrogen-bond acceptors (Lipinski definition) is 4. The van der Waals surface area contributed by atoms with Gasteiger partial charge in [0, 0.05) is 24.0 Å². The Morgan fingerprint density at radius 3 is 2.88 bits per heavy atom. The minimum atomic E-state index is -0.861. The molecule has 1 unspecified atom stereocenters. The molecule has 1 atom stereocenters. The molecular weight excluding hydrogens is 248 g/mol. The molecule has 0 radical (unpaired) electrons. The molecule has 1 rings (SSSR count). The highest BCUT2D eigenvalue weighted by Gasteiger charge is 2.11. The summed E-state index contributed by atoms with van der Waals surface area (Å²) in [6.45, 7) is 1.30. The highest BCUT2D eigenvalue weighted by Crippen LogP contribution is 2.22. The average Bonchev–Trinajstić information content (AvgIpc) is 2.48. The van der Waals surface area contributed by atoms with Crippen LogP contribution in [0.3, 0.4) is 0 Å². The SMILES string of the molecule is CN(Cc1ccc(Cl)s1)CC(N)CC(=O)O. The lowest BCUT2D eigenvalue weighted by Gasteiger charge is -2.19. The van der Waals surface area contributed by atoms with Gasteiger partial charge < -0.3 is 10.8 Å². The number of carboxylic acids is 1. The monoisotopic (exact) mass is 262 g/mol. The molecule has 3 N–H and O–H groups in total. The number of nitrogens with two attached hydrogens (primary N) is 1. The number of aliphatic carboxylic acids is 1. The molecule has 16 heavy (non-hydrogen) atoms. The summed E-state index contributed by atoms with van der Waals surface area (Å²) in [7, 11) is 1.91. The van der Waals surface area contributed by atoms with Crippen molar-refractivity contribution in [3.05, 3.63) is 21.3 Å². The zero-order valence-electron chi connectivity index (χ0n) is 9.02. The van der Waals surface area contributed by atoms with Crippen molar-refractivity contribution in [2.45, 2.75) is 19.0 Å². The van der Waals surface area contributed by atoms with E-state index in [1.165, 1.54) is 11.3 Å². The standard InChI is InChI=1S/C10H15ClN2O2S/c1-13(5-7(12)4-10(14)15)6-8-2-3-9(11)16-8/h2-3,7H,4-6,12H2,1H3,(H,14,15). The summed E-state index contributed by atoms with van der Waals surface area (Å²) in [6.07, 6.45) is -0.00443. The summed E-state index contributed by atoms with van der Waals surface area (Å²) in [5, 5.41) is 8.58. The Kier molecular flexibility index (Phi) is 5.21. The summed E-state index contributed by atoms with van der Waals surface area (Å²) >= 11 is 7.34. The van der Waals surface area contributed by atoms with Crippen LogP contribution in [-0.2, 0) is 11.3 Å². The molecule has 0 saturated heterocycles. The third-order valence-electron chi connectivity index (χ3n) is 2.04. The second kappa shape index (κ2) is 6.20. The van der Waals surface area contributed by atoms with Gasteiger partial charge in [-0.15, -0.1) is 11.3 Å². The molecule has 1 heterocycles. The Bertz CT molecular complexity index is 356. The van der Waals surface area contributed by atoms with Crippen molar-refractivity contribution in [3.63, 3.8) is 0 Å². The van der Waals surface area contributed by atoms with Gasteiger partial charge in [0.1, 0.15) is 0 Å². The first-order chi connectivity index (χ1) is 7.47. The first-order valence-corrected chi connectivity index (χ1v) is 6.07. The minimum Gasteiger partial charge on any atom is -0.481 e. The minimum absolute atomic E-state index is 0.00443. The van der Waals surface area contributed by atoms with Gasteiger partial charge in [-0.05, 0) is 19.2 Å². The molecule has 0 spiro atoms. The molecule has 90 valence electrons. The van der Waals surface area contributed by atoms with E-state index in [4.69, 9.17) is 22.4 Å². The first kappa shape index (κ1) is 13.4. The van der Waals surface area contributed by atoms with Crippen molar-refractivity contribution >= 4 is 28.9 Å². The zero-order chi connectivity index (χ0) is 12.1. The molecule has 0 fully saturated rings. The van der Waals surface area contributed by atoms with Crippen LogP contribution in [0.4, 0.5) is 0 Å². The van der Waals surface area contributed by atoms with Gasteiger partial charge in [0.15, 0.2) is 0 Å². The maximum absolute atomic E-state index is 10.4. The molecule has 0 aliphatic rings. The van der Waals surface area contributed by atoms with Crippen LogP contribution < -0.4 is 5.73 Å². The highest BCUT2D eigenvalue weighted by molar-refractivity contribution is 7.16. The highest BCUT2D eigenvalue weighted by atomic mass is 35.5. The van der Waals surface area contributed by atoms with Crippen molar-refractivity contribution in [2.75, 3.05) is 13.6 Å². The summed E-state index contributed by atoms with van der Waals surface area (Å²) in [4.78, 5) is 13.6. The van der Waals surface area contributed by atoms with E-state index in [1.54, 1.807) is 0 Å². The van der Waals surface area contributed by atoms with Crippen molar-refractivity contribution in [1.82, 2.24) is 4.90 Å². The molecule has 1 aromatic heterocycles. The molecular formula is C10H15ClN2O2S. The quantitative estimate of drug-likeness (QED) is 0.818. The van der Waals surface area contributed by atoms with Crippen LogP contribution >= 0.6 is 22.9 Å². The Balaban J connectivity index is 2.35. The molecule has 1 aromatic rings. The van der Waals surface area contributed by atoms with Gasteiger partial charge in [0.05, 0.1) is 10.8 Å². The van der Waals surface area contributed by atoms with E-state index in [-0.39, 0.29) is 12.5 Å². The molecule has 6 heteroatoms. The fraction of sp³-hybridized carbons (Fsp3) is 0.500. The number of likely N-dealkylation sites (N-methyl/N-ethyl adjacent to an activating group) is 1. The van der Waals surface area contributed by atoms with E-state index in [0.717, 1.165) is 15.8 Å². The van der Waals surface area contributed by atoms with Crippen molar-refractivity contribution in [3.8, 4) is 0 Å².